The van der Waals surface area contributed by atoms with Gasteiger partial charge in [0.2, 0.25) is 5.91 Å². The van der Waals surface area contributed by atoms with Gasteiger partial charge in [-0.15, -0.1) is 0 Å². The summed E-state index contributed by atoms with van der Waals surface area (Å²) in [5, 5.41) is 2.90. The minimum atomic E-state index is -0.144. The molecule has 0 radical (unpaired) electrons. The third kappa shape index (κ3) is 3.90. The van der Waals surface area contributed by atoms with Crippen molar-refractivity contribution in [2.75, 3.05) is 23.3 Å². The van der Waals surface area contributed by atoms with Gasteiger partial charge in [0.15, 0.2) is 5.78 Å². The van der Waals surface area contributed by atoms with Crippen molar-refractivity contribution in [1.82, 2.24) is 0 Å². The highest BCUT2D eigenvalue weighted by atomic mass is 16.1. The highest BCUT2D eigenvalue weighted by molar-refractivity contribution is 6.11. The van der Waals surface area contributed by atoms with Gasteiger partial charge in [0.25, 0.3) is 0 Å². The lowest BCUT2D eigenvalue weighted by molar-refractivity contribution is -0.114. The second kappa shape index (κ2) is 7.97. The summed E-state index contributed by atoms with van der Waals surface area (Å²) in [6, 6.07) is 11.0. The molecule has 0 saturated carbocycles. The van der Waals surface area contributed by atoms with Gasteiger partial charge in [-0.2, -0.15) is 0 Å². The third-order valence-electron chi connectivity index (χ3n) is 4.54. The first-order chi connectivity index (χ1) is 11.9. The molecule has 2 rings (SSSR count). The normalized spacial score (nSPS) is 10.4. The van der Waals surface area contributed by atoms with Crippen molar-refractivity contribution >= 4 is 23.1 Å². The van der Waals surface area contributed by atoms with E-state index in [1.807, 2.05) is 50.2 Å². The Morgan fingerprint density at radius 1 is 1.00 bits per heavy atom. The van der Waals surface area contributed by atoms with Crippen molar-refractivity contribution in [3.63, 3.8) is 0 Å². The van der Waals surface area contributed by atoms with Crippen LogP contribution in [0.25, 0.3) is 0 Å². The van der Waals surface area contributed by atoms with Gasteiger partial charge in [0, 0.05) is 31.1 Å². The Kier molecular flexibility index (Phi) is 5.97. The largest absolute Gasteiger partial charge is 0.370 e. The number of hydrogen-bond donors (Lipinski definition) is 1. The van der Waals surface area contributed by atoms with Gasteiger partial charge in [0.1, 0.15) is 0 Å². The lowest BCUT2D eigenvalue weighted by atomic mass is 9.93. The molecule has 0 atom stereocenters. The molecule has 0 aliphatic carbocycles. The first-order valence-corrected chi connectivity index (χ1v) is 8.67. The van der Waals surface area contributed by atoms with Crippen LogP contribution in [0, 0.1) is 13.8 Å². The molecule has 0 bridgehead atoms. The van der Waals surface area contributed by atoms with Crippen LogP contribution in [0.5, 0.6) is 0 Å². The number of ketones is 1. The molecule has 0 aliphatic rings. The van der Waals surface area contributed by atoms with Crippen LogP contribution in [0.1, 0.15) is 47.8 Å². The van der Waals surface area contributed by atoms with Crippen LogP contribution in [0.3, 0.4) is 0 Å². The molecule has 132 valence electrons. The van der Waals surface area contributed by atoms with Gasteiger partial charge >= 0.3 is 0 Å². The zero-order valence-electron chi connectivity index (χ0n) is 15.6. The molecule has 0 fully saturated rings. The summed E-state index contributed by atoms with van der Waals surface area (Å²) in [7, 11) is 0. The topological polar surface area (TPSA) is 49.4 Å². The molecule has 2 aromatic carbocycles. The van der Waals surface area contributed by atoms with Gasteiger partial charge in [-0.25, -0.2) is 0 Å². The van der Waals surface area contributed by atoms with Crippen molar-refractivity contribution in [2.45, 2.75) is 34.6 Å². The molecule has 0 aliphatic heterocycles. The highest BCUT2D eigenvalue weighted by Gasteiger charge is 2.21. The van der Waals surface area contributed by atoms with Gasteiger partial charge in [0.05, 0.1) is 11.4 Å². The minimum absolute atomic E-state index is 0.0288. The molecule has 0 heterocycles. The second-order valence-corrected chi connectivity index (χ2v) is 6.12. The number of nitrogens with zero attached hydrogens (tertiary/aromatic N) is 1. The Morgan fingerprint density at radius 2 is 1.60 bits per heavy atom. The van der Waals surface area contributed by atoms with Crippen molar-refractivity contribution in [1.29, 1.82) is 0 Å². The number of nitrogens with one attached hydrogen (secondary N) is 1. The van der Waals surface area contributed by atoms with Gasteiger partial charge < -0.3 is 10.2 Å². The fourth-order valence-corrected chi connectivity index (χ4v) is 3.12. The smallest absolute Gasteiger partial charge is 0.221 e. The predicted octanol–water partition coefficient (Wildman–Crippen LogP) is 4.34. The second-order valence-electron chi connectivity index (χ2n) is 6.12. The third-order valence-corrected chi connectivity index (χ3v) is 4.54. The molecule has 1 N–H and O–H groups in total. The number of rotatable bonds is 6. The number of amides is 1. The lowest BCUT2D eigenvalue weighted by Gasteiger charge is -2.28. The van der Waals surface area contributed by atoms with E-state index in [2.05, 4.69) is 24.1 Å². The van der Waals surface area contributed by atoms with E-state index in [0.717, 1.165) is 29.9 Å². The molecule has 0 spiro atoms. The van der Waals surface area contributed by atoms with Gasteiger partial charge in [-0.3, -0.25) is 9.59 Å². The number of hydrogen-bond acceptors (Lipinski definition) is 3. The number of carbonyl (C=O) groups is 2. The van der Waals surface area contributed by atoms with Crippen LogP contribution in [0.15, 0.2) is 36.4 Å². The molecular formula is C21H26N2O2. The van der Waals surface area contributed by atoms with Crippen LogP contribution >= 0.6 is 0 Å². The molecule has 4 nitrogen and oxygen atoms in total. The van der Waals surface area contributed by atoms with Crippen molar-refractivity contribution in [3.8, 4) is 0 Å². The average molecular weight is 338 g/mol. The van der Waals surface area contributed by atoms with E-state index in [0.29, 0.717) is 16.8 Å². The summed E-state index contributed by atoms with van der Waals surface area (Å²) in [5.74, 6) is -0.173. The number of benzene rings is 2. The lowest BCUT2D eigenvalue weighted by Crippen LogP contribution is -2.25. The van der Waals surface area contributed by atoms with Gasteiger partial charge in [-0.1, -0.05) is 30.3 Å². The maximum absolute atomic E-state index is 13.0. The average Bonchev–Trinajstić information content (AvgIpc) is 2.61. The van der Waals surface area contributed by atoms with Crippen LogP contribution < -0.4 is 10.2 Å². The molecule has 0 unspecified atom stereocenters. The first kappa shape index (κ1) is 18.7. The Bertz CT molecular complexity index is 778. The van der Waals surface area contributed by atoms with Crippen LogP contribution in [0.4, 0.5) is 11.4 Å². The molecule has 0 aromatic heterocycles. The zero-order valence-corrected chi connectivity index (χ0v) is 15.6. The van der Waals surface area contributed by atoms with E-state index in [-0.39, 0.29) is 11.7 Å². The zero-order chi connectivity index (χ0) is 18.6. The van der Waals surface area contributed by atoms with Crippen molar-refractivity contribution in [3.05, 3.63) is 58.7 Å². The maximum Gasteiger partial charge on any atom is 0.221 e. The predicted molar refractivity (Wildman–Crippen MR) is 104 cm³/mol. The SMILES string of the molecule is CCN(CC)c1c(NC(C)=O)cc(C(=O)c2ccccc2)c(C)c1C. The standard InChI is InChI=1S/C21H26N2O2/c1-6-23(7-2)20-15(4)14(3)18(13-19(20)22-16(5)24)21(25)17-11-9-8-10-12-17/h8-13H,6-7H2,1-5H3,(H,22,24). The molecule has 2 aromatic rings. The fourth-order valence-electron chi connectivity index (χ4n) is 3.12. The van der Waals surface area contributed by atoms with Crippen molar-refractivity contribution in [2.24, 2.45) is 0 Å². The molecule has 4 heteroatoms. The Labute approximate surface area is 149 Å². The summed E-state index contributed by atoms with van der Waals surface area (Å²) in [6.07, 6.45) is 0. The summed E-state index contributed by atoms with van der Waals surface area (Å²) in [5.41, 5.74) is 4.93. The van der Waals surface area contributed by atoms with E-state index in [1.165, 1.54) is 6.92 Å². The van der Waals surface area contributed by atoms with Crippen LogP contribution in [-0.2, 0) is 4.79 Å². The van der Waals surface area contributed by atoms with E-state index in [1.54, 1.807) is 0 Å². The quantitative estimate of drug-likeness (QED) is 0.797. The summed E-state index contributed by atoms with van der Waals surface area (Å²) in [4.78, 5) is 26.8. The number of carbonyl (C=O) groups excluding carboxylic acids is 2. The first-order valence-electron chi connectivity index (χ1n) is 8.67. The summed E-state index contributed by atoms with van der Waals surface area (Å²) < 4.78 is 0. The van der Waals surface area contributed by atoms with E-state index < -0.39 is 0 Å². The van der Waals surface area contributed by atoms with E-state index in [4.69, 9.17) is 0 Å². The van der Waals surface area contributed by atoms with E-state index >= 15 is 0 Å². The minimum Gasteiger partial charge on any atom is -0.370 e. The van der Waals surface area contributed by atoms with E-state index in [9.17, 15) is 9.59 Å². The highest BCUT2D eigenvalue weighted by Crippen LogP contribution is 2.35. The Morgan fingerprint density at radius 3 is 2.12 bits per heavy atom. The molecular weight excluding hydrogens is 312 g/mol. The molecule has 1 amide bonds. The fraction of sp³-hybridized carbons (Fsp3) is 0.333. The van der Waals surface area contributed by atoms with Crippen molar-refractivity contribution < 1.29 is 9.59 Å². The summed E-state index contributed by atoms with van der Waals surface area (Å²) >= 11 is 0. The molecule has 25 heavy (non-hydrogen) atoms. The van der Waals surface area contributed by atoms with Crippen LogP contribution in [-0.4, -0.2) is 24.8 Å². The monoisotopic (exact) mass is 338 g/mol. The molecule has 0 saturated heterocycles. The Hall–Kier alpha value is -2.62. The summed E-state index contributed by atoms with van der Waals surface area (Å²) in [6.45, 7) is 11.3. The number of anilines is 2. The van der Waals surface area contributed by atoms with Crippen LogP contribution in [0.2, 0.25) is 0 Å². The Balaban J connectivity index is 2.65. The van der Waals surface area contributed by atoms with Gasteiger partial charge in [-0.05, 0) is 44.9 Å². The maximum atomic E-state index is 13.0.